The Morgan fingerprint density at radius 1 is 1.27 bits per heavy atom. The van der Waals surface area contributed by atoms with E-state index in [1.165, 1.54) is 0 Å². The molecule has 1 aliphatic heterocycles. The molecule has 0 saturated heterocycles. The van der Waals surface area contributed by atoms with E-state index in [1.807, 2.05) is 6.07 Å². The van der Waals surface area contributed by atoms with Crippen LogP contribution < -0.4 is 0 Å². The van der Waals surface area contributed by atoms with Gasteiger partial charge in [-0.3, -0.25) is 4.79 Å². The molecule has 1 aromatic carbocycles. The number of benzene rings is 1. The van der Waals surface area contributed by atoms with Gasteiger partial charge in [0.2, 0.25) is 0 Å². The van der Waals surface area contributed by atoms with Gasteiger partial charge in [-0.25, -0.2) is 4.79 Å². The Labute approximate surface area is 87.4 Å². The number of ketones is 1. The van der Waals surface area contributed by atoms with Crippen LogP contribution in [0.3, 0.4) is 0 Å². The number of carbonyl (C=O) groups is 2. The second-order valence-corrected chi connectivity index (χ2v) is 3.43. The Morgan fingerprint density at radius 3 is 2.47 bits per heavy atom. The van der Waals surface area contributed by atoms with Crippen molar-refractivity contribution >= 4 is 11.8 Å². The minimum absolute atomic E-state index is 0.182. The van der Waals surface area contributed by atoms with Crippen LogP contribution in [0.1, 0.15) is 17.3 Å². The van der Waals surface area contributed by atoms with Crippen molar-refractivity contribution in [3.05, 3.63) is 47.0 Å². The zero-order valence-corrected chi connectivity index (χ0v) is 8.32. The van der Waals surface area contributed by atoms with Crippen LogP contribution in [-0.4, -0.2) is 18.4 Å². The summed E-state index contributed by atoms with van der Waals surface area (Å²) in [6, 6.07) is 8.74. The van der Waals surface area contributed by atoms with Crippen LogP contribution in [-0.2, 0) is 9.53 Å². The van der Waals surface area contributed by atoms with Crippen LogP contribution >= 0.6 is 0 Å². The van der Waals surface area contributed by atoms with Gasteiger partial charge < -0.3 is 4.74 Å². The zero-order chi connectivity index (χ0) is 10.8. The maximum Gasteiger partial charge on any atom is 0.342 e. The normalized spacial score (nSPS) is 15.4. The lowest BCUT2D eigenvalue weighted by atomic mass is 10.0. The van der Waals surface area contributed by atoms with Crippen LogP contribution in [0.5, 0.6) is 0 Å². The predicted molar refractivity (Wildman–Crippen MR) is 54.4 cm³/mol. The van der Waals surface area contributed by atoms with Gasteiger partial charge in [0.1, 0.15) is 12.2 Å². The summed E-state index contributed by atoms with van der Waals surface area (Å²) in [5.41, 5.74) is 1.40. The Kier molecular flexibility index (Phi) is 2.37. The van der Waals surface area contributed by atoms with Gasteiger partial charge in [-0.15, -0.1) is 0 Å². The number of carbonyl (C=O) groups excluding carboxylic acids is 2. The number of cyclic esters (lactones) is 1. The van der Waals surface area contributed by atoms with E-state index in [4.69, 9.17) is 4.74 Å². The zero-order valence-electron chi connectivity index (χ0n) is 8.32. The minimum Gasteiger partial charge on any atom is -0.457 e. The maximum atomic E-state index is 11.9. The van der Waals surface area contributed by atoms with E-state index in [2.05, 4.69) is 0 Å². The lowest BCUT2D eigenvalue weighted by molar-refractivity contribution is -0.135. The summed E-state index contributed by atoms with van der Waals surface area (Å²) in [7, 11) is 0. The molecule has 0 atom stereocenters. The van der Waals surface area contributed by atoms with Gasteiger partial charge >= 0.3 is 5.97 Å². The molecular formula is C12H10O3. The number of hydrogen-bond donors (Lipinski definition) is 0. The summed E-state index contributed by atoms with van der Waals surface area (Å²) in [6.45, 7) is 1.97. The third-order valence-electron chi connectivity index (χ3n) is 2.31. The topological polar surface area (TPSA) is 43.4 Å². The number of hydrogen-bond acceptors (Lipinski definition) is 3. The van der Waals surface area contributed by atoms with Crippen molar-refractivity contribution in [3.63, 3.8) is 0 Å². The fourth-order valence-electron chi connectivity index (χ4n) is 1.51. The Morgan fingerprint density at radius 2 is 1.93 bits per heavy atom. The fraction of sp³-hybridized carbons (Fsp3) is 0.167. The van der Waals surface area contributed by atoms with Gasteiger partial charge in [0, 0.05) is 5.56 Å². The molecule has 0 N–H and O–H groups in total. The molecule has 0 amide bonds. The SMILES string of the molecule is CC1=C(C(=O)c2ccccc2)C(=O)OC1. The average Bonchev–Trinajstić information content (AvgIpc) is 2.59. The molecule has 0 fully saturated rings. The number of rotatable bonds is 2. The summed E-state index contributed by atoms with van der Waals surface area (Å²) in [6.07, 6.45) is 0. The molecule has 0 aromatic heterocycles. The third kappa shape index (κ3) is 1.68. The van der Waals surface area contributed by atoms with E-state index in [0.29, 0.717) is 11.1 Å². The second kappa shape index (κ2) is 3.69. The van der Waals surface area contributed by atoms with E-state index in [1.54, 1.807) is 31.2 Å². The lowest BCUT2D eigenvalue weighted by Crippen LogP contribution is -2.11. The third-order valence-corrected chi connectivity index (χ3v) is 2.31. The second-order valence-electron chi connectivity index (χ2n) is 3.43. The van der Waals surface area contributed by atoms with Gasteiger partial charge in [-0.05, 0) is 12.5 Å². The van der Waals surface area contributed by atoms with Gasteiger partial charge in [0.15, 0.2) is 5.78 Å². The largest absolute Gasteiger partial charge is 0.457 e. The molecule has 1 aromatic rings. The van der Waals surface area contributed by atoms with Gasteiger partial charge in [0.25, 0.3) is 0 Å². The summed E-state index contributed by atoms with van der Waals surface area (Å²) < 4.78 is 4.79. The van der Waals surface area contributed by atoms with Crippen LogP contribution in [0.25, 0.3) is 0 Å². The van der Waals surface area contributed by atoms with Crippen LogP contribution in [0.2, 0.25) is 0 Å². The van der Waals surface area contributed by atoms with E-state index in [9.17, 15) is 9.59 Å². The maximum absolute atomic E-state index is 11.9. The van der Waals surface area contributed by atoms with Crippen molar-refractivity contribution in [3.8, 4) is 0 Å². The van der Waals surface area contributed by atoms with E-state index < -0.39 is 5.97 Å². The van der Waals surface area contributed by atoms with Crippen molar-refractivity contribution < 1.29 is 14.3 Å². The first-order valence-corrected chi connectivity index (χ1v) is 4.67. The molecule has 0 saturated carbocycles. The molecule has 0 spiro atoms. The first kappa shape index (κ1) is 9.65. The minimum atomic E-state index is -0.513. The van der Waals surface area contributed by atoms with E-state index in [0.717, 1.165) is 0 Å². The van der Waals surface area contributed by atoms with Crippen molar-refractivity contribution in [1.82, 2.24) is 0 Å². The lowest BCUT2D eigenvalue weighted by Gasteiger charge is -1.99. The molecule has 1 heterocycles. The first-order valence-electron chi connectivity index (χ1n) is 4.67. The Bertz CT molecular complexity index is 443. The first-order chi connectivity index (χ1) is 7.20. The van der Waals surface area contributed by atoms with Crippen LogP contribution in [0.15, 0.2) is 41.5 Å². The summed E-state index contributed by atoms with van der Waals surface area (Å²) in [5, 5.41) is 0. The number of Topliss-reactive ketones (excluding diaryl/α,β-unsaturated/α-hetero) is 1. The molecule has 3 nitrogen and oxygen atoms in total. The molecule has 2 rings (SSSR count). The summed E-state index contributed by atoms with van der Waals surface area (Å²) in [5.74, 6) is -0.767. The highest BCUT2D eigenvalue weighted by molar-refractivity contribution is 6.25. The van der Waals surface area contributed by atoms with Gasteiger partial charge in [-0.1, -0.05) is 30.3 Å². The molecule has 0 unspecified atom stereocenters. The molecule has 15 heavy (non-hydrogen) atoms. The molecule has 1 aliphatic rings. The highest BCUT2D eigenvalue weighted by Gasteiger charge is 2.28. The highest BCUT2D eigenvalue weighted by atomic mass is 16.5. The predicted octanol–water partition coefficient (Wildman–Crippen LogP) is 1.74. The molecule has 0 radical (unpaired) electrons. The molecule has 76 valence electrons. The van der Waals surface area contributed by atoms with Crippen molar-refractivity contribution in [2.24, 2.45) is 0 Å². The van der Waals surface area contributed by atoms with Crippen LogP contribution in [0, 0.1) is 0 Å². The van der Waals surface area contributed by atoms with Gasteiger partial charge in [0.05, 0.1) is 0 Å². The van der Waals surface area contributed by atoms with Crippen LogP contribution in [0.4, 0.5) is 0 Å². The molecule has 0 aliphatic carbocycles. The fourth-order valence-corrected chi connectivity index (χ4v) is 1.51. The number of ether oxygens (including phenoxy) is 1. The van der Waals surface area contributed by atoms with Crippen molar-refractivity contribution in [2.45, 2.75) is 6.92 Å². The number of esters is 1. The van der Waals surface area contributed by atoms with Crippen molar-refractivity contribution in [2.75, 3.05) is 6.61 Å². The monoisotopic (exact) mass is 202 g/mol. The summed E-state index contributed by atoms with van der Waals surface area (Å²) in [4.78, 5) is 23.2. The molecule has 0 bridgehead atoms. The standard InChI is InChI=1S/C12H10O3/c1-8-7-15-12(14)10(8)11(13)9-5-3-2-4-6-9/h2-6H,7H2,1H3. The summed E-state index contributed by atoms with van der Waals surface area (Å²) >= 11 is 0. The smallest absolute Gasteiger partial charge is 0.342 e. The average molecular weight is 202 g/mol. The van der Waals surface area contributed by atoms with Crippen molar-refractivity contribution in [1.29, 1.82) is 0 Å². The Balaban J connectivity index is 2.38. The highest BCUT2D eigenvalue weighted by Crippen LogP contribution is 2.19. The van der Waals surface area contributed by atoms with E-state index in [-0.39, 0.29) is 18.0 Å². The van der Waals surface area contributed by atoms with Gasteiger partial charge in [-0.2, -0.15) is 0 Å². The Hall–Kier alpha value is -1.90. The van der Waals surface area contributed by atoms with E-state index >= 15 is 0 Å². The quantitative estimate of drug-likeness (QED) is 0.417. The molecular weight excluding hydrogens is 192 g/mol. The molecule has 3 heteroatoms.